The summed E-state index contributed by atoms with van der Waals surface area (Å²) in [4.78, 5) is 42.7. The number of piperazine rings is 1. The predicted molar refractivity (Wildman–Crippen MR) is 115 cm³/mol. The van der Waals surface area contributed by atoms with Crippen molar-refractivity contribution in [3.63, 3.8) is 0 Å². The lowest BCUT2D eigenvalue weighted by molar-refractivity contribution is -0.133. The van der Waals surface area contributed by atoms with Crippen LogP contribution in [0.4, 0.5) is 4.79 Å². The second-order valence-electron chi connectivity index (χ2n) is 8.03. The number of carbonyl (C=O) groups excluding carboxylic acids is 3. The molecule has 4 amide bonds. The summed E-state index contributed by atoms with van der Waals surface area (Å²) in [6, 6.07) is 9.10. The van der Waals surface area contributed by atoms with Gasteiger partial charge in [-0.1, -0.05) is 30.3 Å². The van der Waals surface area contributed by atoms with E-state index < -0.39 is 6.03 Å². The molecule has 3 rings (SSSR count). The monoisotopic (exact) mass is 415 g/mol. The Labute approximate surface area is 178 Å². The van der Waals surface area contributed by atoms with Gasteiger partial charge in [-0.25, -0.2) is 4.79 Å². The molecule has 30 heavy (non-hydrogen) atoms. The molecule has 1 aromatic rings. The Bertz CT molecular complexity index is 698. The third kappa shape index (κ3) is 7.42. The fraction of sp³-hybridized carbons (Fsp3) is 0.591. The molecule has 164 valence electrons. The largest absolute Gasteiger partial charge is 0.342 e. The van der Waals surface area contributed by atoms with Crippen molar-refractivity contribution in [2.45, 2.75) is 32.2 Å². The molecule has 0 spiro atoms. The number of nitrogens with one attached hydrogen (secondary N) is 2. The number of imide groups is 1. The highest BCUT2D eigenvalue weighted by Crippen LogP contribution is 2.10. The summed E-state index contributed by atoms with van der Waals surface area (Å²) in [6.07, 6.45) is 3.74. The minimum absolute atomic E-state index is 0.240. The van der Waals surface area contributed by atoms with Crippen LogP contribution in [0.5, 0.6) is 0 Å². The van der Waals surface area contributed by atoms with E-state index >= 15 is 0 Å². The summed E-state index contributed by atoms with van der Waals surface area (Å²) in [6.45, 7) is 6.62. The van der Waals surface area contributed by atoms with Gasteiger partial charge in [-0.2, -0.15) is 0 Å². The standard InChI is InChI=1S/C22H33N5O3/c28-20(24-22(30)23-17-19-7-3-1-4-8-19)9-12-25-13-15-26(16-14-25)18-21(29)27-10-5-2-6-11-27/h1,3-4,7-8H,2,5-6,9-18H2,(H2,23,24,28,30). The van der Waals surface area contributed by atoms with Crippen LogP contribution in [0.25, 0.3) is 0 Å². The zero-order chi connectivity index (χ0) is 21.2. The summed E-state index contributed by atoms with van der Waals surface area (Å²) < 4.78 is 0. The van der Waals surface area contributed by atoms with Crippen LogP contribution in [-0.4, -0.2) is 84.9 Å². The molecule has 8 nitrogen and oxygen atoms in total. The Morgan fingerprint density at radius 3 is 2.20 bits per heavy atom. The quantitative estimate of drug-likeness (QED) is 0.695. The van der Waals surface area contributed by atoms with E-state index in [1.807, 2.05) is 35.2 Å². The topological polar surface area (TPSA) is 85.0 Å². The van der Waals surface area contributed by atoms with Gasteiger partial charge in [0.1, 0.15) is 0 Å². The highest BCUT2D eigenvalue weighted by Gasteiger charge is 2.23. The van der Waals surface area contributed by atoms with Crippen LogP contribution in [-0.2, 0) is 16.1 Å². The van der Waals surface area contributed by atoms with Gasteiger partial charge in [-0.05, 0) is 24.8 Å². The van der Waals surface area contributed by atoms with Crippen LogP contribution in [0, 0.1) is 0 Å². The number of amides is 4. The second-order valence-corrected chi connectivity index (χ2v) is 8.03. The molecule has 0 radical (unpaired) electrons. The minimum atomic E-state index is -0.468. The Morgan fingerprint density at radius 2 is 1.50 bits per heavy atom. The van der Waals surface area contributed by atoms with Crippen molar-refractivity contribution in [1.82, 2.24) is 25.3 Å². The molecule has 2 heterocycles. The molecule has 0 aromatic heterocycles. The summed E-state index contributed by atoms with van der Waals surface area (Å²) in [5.74, 6) is -0.0349. The Hall–Kier alpha value is -2.45. The molecule has 2 aliphatic rings. The van der Waals surface area contributed by atoms with Gasteiger partial charge < -0.3 is 15.1 Å². The number of nitrogens with zero attached hydrogens (tertiary/aromatic N) is 3. The zero-order valence-corrected chi connectivity index (χ0v) is 17.6. The number of hydrogen-bond acceptors (Lipinski definition) is 5. The zero-order valence-electron chi connectivity index (χ0n) is 17.6. The molecular weight excluding hydrogens is 382 g/mol. The normalized spacial score (nSPS) is 18.1. The van der Waals surface area contributed by atoms with Crippen molar-refractivity contribution in [2.75, 3.05) is 52.4 Å². The van der Waals surface area contributed by atoms with Crippen molar-refractivity contribution in [3.05, 3.63) is 35.9 Å². The smallest absolute Gasteiger partial charge is 0.321 e. The van der Waals surface area contributed by atoms with Gasteiger partial charge in [-0.3, -0.25) is 19.8 Å². The summed E-state index contributed by atoms with van der Waals surface area (Å²) in [5.41, 5.74) is 0.983. The third-order valence-corrected chi connectivity index (χ3v) is 5.74. The summed E-state index contributed by atoms with van der Waals surface area (Å²) in [5, 5.41) is 5.08. The minimum Gasteiger partial charge on any atom is -0.342 e. The van der Waals surface area contributed by atoms with Crippen LogP contribution in [0.2, 0.25) is 0 Å². The van der Waals surface area contributed by atoms with Crippen molar-refractivity contribution < 1.29 is 14.4 Å². The van der Waals surface area contributed by atoms with Crippen LogP contribution < -0.4 is 10.6 Å². The van der Waals surface area contributed by atoms with Gasteiger partial charge in [0.05, 0.1) is 6.54 Å². The van der Waals surface area contributed by atoms with E-state index in [9.17, 15) is 14.4 Å². The van der Waals surface area contributed by atoms with Crippen LogP contribution in [0.15, 0.2) is 30.3 Å². The van der Waals surface area contributed by atoms with Crippen LogP contribution in [0.1, 0.15) is 31.2 Å². The molecule has 8 heteroatoms. The highest BCUT2D eigenvalue weighted by molar-refractivity contribution is 5.94. The fourth-order valence-corrected chi connectivity index (χ4v) is 3.88. The maximum Gasteiger partial charge on any atom is 0.321 e. The lowest BCUT2D eigenvalue weighted by atomic mass is 10.1. The summed E-state index contributed by atoms with van der Waals surface area (Å²) >= 11 is 0. The molecule has 0 unspecified atom stereocenters. The Kier molecular flexibility index (Phi) is 8.65. The van der Waals surface area contributed by atoms with E-state index in [0.717, 1.165) is 57.7 Å². The molecular formula is C22H33N5O3. The van der Waals surface area contributed by atoms with Gasteiger partial charge in [0, 0.05) is 58.8 Å². The van der Waals surface area contributed by atoms with E-state index in [2.05, 4.69) is 20.4 Å². The molecule has 0 atom stereocenters. The Morgan fingerprint density at radius 1 is 0.833 bits per heavy atom. The number of likely N-dealkylation sites (tertiary alicyclic amines) is 1. The van der Waals surface area contributed by atoms with Crippen molar-refractivity contribution in [2.24, 2.45) is 0 Å². The molecule has 1 aromatic carbocycles. The average molecular weight is 416 g/mol. The summed E-state index contributed by atoms with van der Waals surface area (Å²) in [7, 11) is 0. The Balaban J connectivity index is 1.27. The first-order valence-corrected chi connectivity index (χ1v) is 10.9. The highest BCUT2D eigenvalue weighted by atomic mass is 16.2. The molecule has 2 aliphatic heterocycles. The molecule has 2 fully saturated rings. The average Bonchev–Trinajstić information content (AvgIpc) is 2.78. The molecule has 0 aliphatic carbocycles. The van der Waals surface area contributed by atoms with E-state index in [1.54, 1.807) is 0 Å². The first-order valence-electron chi connectivity index (χ1n) is 10.9. The van der Waals surface area contributed by atoms with Crippen LogP contribution in [0.3, 0.4) is 0 Å². The first-order chi connectivity index (χ1) is 14.6. The molecule has 2 saturated heterocycles. The number of benzene rings is 1. The lowest BCUT2D eigenvalue weighted by Gasteiger charge is -2.36. The predicted octanol–water partition coefficient (Wildman–Crippen LogP) is 1.03. The number of urea groups is 1. The number of rotatable bonds is 7. The van der Waals surface area contributed by atoms with E-state index in [0.29, 0.717) is 19.6 Å². The SMILES string of the molecule is O=C(CCN1CCN(CC(=O)N2CCCCC2)CC1)NC(=O)NCc1ccccc1. The van der Waals surface area contributed by atoms with Gasteiger partial charge in [0.25, 0.3) is 0 Å². The maximum atomic E-state index is 12.4. The molecule has 0 saturated carbocycles. The number of hydrogen-bond donors (Lipinski definition) is 2. The van der Waals surface area contributed by atoms with Crippen LogP contribution >= 0.6 is 0 Å². The van der Waals surface area contributed by atoms with Gasteiger partial charge in [0.15, 0.2) is 0 Å². The van der Waals surface area contributed by atoms with Gasteiger partial charge >= 0.3 is 6.03 Å². The lowest BCUT2D eigenvalue weighted by Crippen LogP contribution is -2.51. The van der Waals surface area contributed by atoms with E-state index in [1.165, 1.54) is 6.42 Å². The maximum absolute atomic E-state index is 12.4. The van der Waals surface area contributed by atoms with E-state index in [4.69, 9.17) is 0 Å². The van der Waals surface area contributed by atoms with Crippen molar-refractivity contribution in [3.8, 4) is 0 Å². The van der Waals surface area contributed by atoms with Gasteiger partial charge in [-0.15, -0.1) is 0 Å². The van der Waals surface area contributed by atoms with Crippen molar-refractivity contribution in [1.29, 1.82) is 0 Å². The fourth-order valence-electron chi connectivity index (χ4n) is 3.88. The van der Waals surface area contributed by atoms with Crippen molar-refractivity contribution >= 4 is 17.8 Å². The van der Waals surface area contributed by atoms with E-state index in [-0.39, 0.29) is 18.2 Å². The number of piperidine rings is 1. The first kappa shape index (κ1) is 22.2. The third-order valence-electron chi connectivity index (χ3n) is 5.74. The number of carbonyl (C=O) groups is 3. The molecule has 0 bridgehead atoms. The second kappa shape index (κ2) is 11.7. The molecule has 2 N–H and O–H groups in total. The van der Waals surface area contributed by atoms with Gasteiger partial charge in [0.2, 0.25) is 11.8 Å².